The first kappa shape index (κ1) is 69.6. The fraction of sp³-hybridized carbons (Fsp3) is 0.864. The van der Waals surface area contributed by atoms with Crippen LogP contribution in [0.2, 0.25) is 0 Å². The van der Waals surface area contributed by atoms with Gasteiger partial charge in [-0.2, -0.15) is 0 Å². The van der Waals surface area contributed by atoms with Crippen LogP contribution in [0.1, 0.15) is 348 Å². The molecule has 0 aliphatic carbocycles. The highest BCUT2D eigenvalue weighted by atomic mass is 16.6. The molecule has 1 unspecified atom stereocenters. The second-order valence-corrected chi connectivity index (χ2v) is 21.7. The zero-order chi connectivity index (χ0) is 52.2. The molecule has 0 bridgehead atoms. The summed E-state index contributed by atoms with van der Waals surface area (Å²) in [6.45, 7) is 6.66. The lowest BCUT2D eigenvalue weighted by Crippen LogP contribution is -2.30. The van der Waals surface area contributed by atoms with Crippen LogP contribution in [0.4, 0.5) is 0 Å². The first-order valence-electron chi connectivity index (χ1n) is 32.0. The van der Waals surface area contributed by atoms with Crippen LogP contribution in [0.5, 0.6) is 0 Å². The van der Waals surface area contributed by atoms with Gasteiger partial charge in [0.2, 0.25) is 0 Å². The molecule has 0 N–H and O–H groups in total. The number of allylic oxidation sites excluding steroid dienone is 6. The molecular formula is C66H122O6. The quantitative estimate of drug-likeness (QED) is 0.0261. The minimum atomic E-state index is -0.777. The minimum absolute atomic E-state index is 0.0737. The van der Waals surface area contributed by atoms with Crippen molar-refractivity contribution < 1.29 is 28.6 Å². The maximum atomic E-state index is 12.9. The Morgan fingerprint density at radius 3 is 0.806 bits per heavy atom. The Morgan fingerprint density at radius 1 is 0.278 bits per heavy atom. The van der Waals surface area contributed by atoms with Gasteiger partial charge in [-0.05, 0) is 77.0 Å². The molecule has 0 rings (SSSR count). The van der Waals surface area contributed by atoms with Crippen LogP contribution in [-0.2, 0) is 28.6 Å². The van der Waals surface area contributed by atoms with Gasteiger partial charge in [-0.3, -0.25) is 14.4 Å². The van der Waals surface area contributed by atoms with Gasteiger partial charge in [-0.25, -0.2) is 0 Å². The molecule has 0 aromatic carbocycles. The zero-order valence-electron chi connectivity index (χ0n) is 48.5. The van der Waals surface area contributed by atoms with Crippen LogP contribution in [0.3, 0.4) is 0 Å². The maximum Gasteiger partial charge on any atom is 0.306 e. The zero-order valence-corrected chi connectivity index (χ0v) is 48.5. The lowest BCUT2D eigenvalue weighted by atomic mass is 10.0. The predicted octanol–water partition coefficient (Wildman–Crippen LogP) is 21.6. The number of rotatable bonds is 59. The third kappa shape index (κ3) is 58.5. The molecule has 0 aliphatic heterocycles. The molecule has 0 spiro atoms. The molecule has 0 saturated heterocycles. The van der Waals surface area contributed by atoms with Crippen molar-refractivity contribution in [2.75, 3.05) is 13.2 Å². The molecule has 0 radical (unpaired) electrons. The van der Waals surface area contributed by atoms with Crippen molar-refractivity contribution in [3.05, 3.63) is 36.5 Å². The number of carbonyl (C=O) groups excluding carboxylic acids is 3. The average molecular weight is 1010 g/mol. The molecule has 0 heterocycles. The highest BCUT2D eigenvalue weighted by molar-refractivity contribution is 5.71. The standard InChI is InChI=1S/C66H122O6/c1-4-7-10-13-16-19-22-25-28-30-32-33-34-36-38-41-44-47-50-53-56-59-65(68)71-62-63(61-70-64(67)58-55-52-49-46-43-40-37-27-24-21-18-15-12-9-6-3)72-66(69)60-57-54-51-48-45-42-39-35-31-29-26-23-20-17-14-11-8-5-2/h18,21,27,30,32,37,63H,4-17,19-20,22-26,28-29,31,33-36,38-62H2,1-3H3/b21-18-,32-30-,37-27-. The molecule has 0 aromatic heterocycles. The van der Waals surface area contributed by atoms with E-state index < -0.39 is 6.10 Å². The van der Waals surface area contributed by atoms with E-state index in [2.05, 4.69) is 57.2 Å². The van der Waals surface area contributed by atoms with Crippen molar-refractivity contribution in [1.82, 2.24) is 0 Å². The van der Waals surface area contributed by atoms with Gasteiger partial charge in [0.05, 0.1) is 0 Å². The number of ether oxygens (including phenoxy) is 3. The van der Waals surface area contributed by atoms with Crippen molar-refractivity contribution in [3.8, 4) is 0 Å². The molecule has 422 valence electrons. The van der Waals surface area contributed by atoms with E-state index in [1.807, 2.05) is 0 Å². The predicted molar refractivity (Wildman–Crippen MR) is 312 cm³/mol. The summed E-state index contributed by atoms with van der Waals surface area (Å²) in [7, 11) is 0. The van der Waals surface area contributed by atoms with Crippen LogP contribution < -0.4 is 0 Å². The van der Waals surface area contributed by atoms with Gasteiger partial charge in [0.25, 0.3) is 0 Å². The third-order valence-electron chi connectivity index (χ3n) is 14.4. The van der Waals surface area contributed by atoms with Crippen LogP contribution >= 0.6 is 0 Å². The smallest absolute Gasteiger partial charge is 0.306 e. The second-order valence-electron chi connectivity index (χ2n) is 21.7. The summed E-state index contributed by atoms with van der Waals surface area (Å²) in [6.07, 6.45) is 74.3. The largest absolute Gasteiger partial charge is 0.462 e. The number of unbranched alkanes of at least 4 members (excludes halogenated alkanes) is 42. The maximum absolute atomic E-state index is 12.9. The van der Waals surface area contributed by atoms with Gasteiger partial charge in [0, 0.05) is 19.3 Å². The van der Waals surface area contributed by atoms with E-state index in [1.54, 1.807) is 0 Å². The summed E-state index contributed by atoms with van der Waals surface area (Å²) in [5.41, 5.74) is 0. The van der Waals surface area contributed by atoms with Gasteiger partial charge in [0.15, 0.2) is 6.10 Å². The van der Waals surface area contributed by atoms with Gasteiger partial charge in [-0.1, -0.05) is 288 Å². The molecule has 1 atom stereocenters. The Labute approximate surface area is 448 Å². The lowest BCUT2D eigenvalue weighted by molar-refractivity contribution is -0.167. The number of hydrogen-bond acceptors (Lipinski definition) is 6. The van der Waals surface area contributed by atoms with Crippen molar-refractivity contribution in [2.45, 2.75) is 354 Å². The molecular weight excluding hydrogens is 889 g/mol. The number of carbonyl (C=O) groups is 3. The SMILES string of the molecule is CCCCC/C=C\C/C=C\CCCCCCCC(=O)OCC(COC(=O)CCCCCCCCCCC/C=C\CCCCCCCCCC)OC(=O)CCCCCCCCCCCCCCCCCCCC. The first-order chi connectivity index (χ1) is 35.5. The van der Waals surface area contributed by atoms with Crippen molar-refractivity contribution >= 4 is 17.9 Å². The Kier molecular flexibility index (Phi) is 59.2. The third-order valence-corrected chi connectivity index (χ3v) is 14.4. The van der Waals surface area contributed by atoms with E-state index in [0.29, 0.717) is 19.3 Å². The Hall–Kier alpha value is -2.37. The molecule has 6 nitrogen and oxygen atoms in total. The molecule has 0 fully saturated rings. The van der Waals surface area contributed by atoms with Gasteiger partial charge in [-0.15, -0.1) is 0 Å². The second kappa shape index (κ2) is 61.2. The van der Waals surface area contributed by atoms with Crippen LogP contribution in [0.15, 0.2) is 36.5 Å². The van der Waals surface area contributed by atoms with Crippen LogP contribution in [0.25, 0.3) is 0 Å². The topological polar surface area (TPSA) is 78.9 Å². The summed E-state index contributed by atoms with van der Waals surface area (Å²) in [5, 5.41) is 0. The molecule has 0 aromatic rings. The summed E-state index contributed by atoms with van der Waals surface area (Å²) < 4.78 is 16.9. The van der Waals surface area contributed by atoms with Crippen molar-refractivity contribution in [1.29, 1.82) is 0 Å². The molecule has 0 amide bonds. The average Bonchev–Trinajstić information content (AvgIpc) is 3.38. The van der Waals surface area contributed by atoms with Crippen molar-refractivity contribution in [3.63, 3.8) is 0 Å². The molecule has 6 heteroatoms. The minimum Gasteiger partial charge on any atom is -0.462 e. The molecule has 0 saturated carbocycles. The molecule has 72 heavy (non-hydrogen) atoms. The normalized spacial score (nSPS) is 12.2. The van der Waals surface area contributed by atoms with E-state index in [4.69, 9.17) is 14.2 Å². The van der Waals surface area contributed by atoms with Crippen LogP contribution in [-0.4, -0.2) is 37.2 Å². The number of hydrogen-bond donors (Lipinski definition) is 0. The van der Waals surface area contributed by atoms with Gasteiger partial charge in [0.1, 0.15) is 13.2 Å². The van der Waals surface area contributed by atoms with E-state index >= 15 is 0 Å². The Balaban J connectivity index is 4.32. The van der Waals surface area contributed by atoms with Gasteiger partial charge >= 0.3 is 17.9 Å². The fourth-order valence-corrected chi connectivity index (χ4v) is 9.53. The number of esters is 3. The van der Waals surface area contributed by atoms with Crippen molar-refractivity contribution in [2.24, 2.45) is 0 Å². The van der Waals surface area contributed by atoms with E-state index in [1.165, 1.54) is 231 Å². The Morgan fingerprint density at radius 2 is 0.500 bits per heavy atom. The summed E-state index contributed by atoms with van der Waals surface area (Å²) in [6, 6.07) is 0. The molecule has 0 aliphatic rings. The summed E-state index contributed by atoms with van der Waals surface area (Å²) >= 11 is 0. The Bertz CT molecular complexity index is 1210. The summed E-state index contributed by atoms with van der Waals surface area (Å²) in [4.78, 5) is 38.3. The monoisotopic (exact) mass is 1010 g/mol. The highest BCUT2D eigenvalue weighted by Gasteiger charge is 2.19. The highest BCUT2D eigenvalue weighted by Crippen LogP contribution is 2.17. The van der Waals surface area contributed by atoms with E-state index in [-0.39, 0.29) is 31.1 Å². The summed E-state index contributed by atoms with van der Waals surface area (Å²) in [5.74, 6) is -0.866. The van der Waals surface area contributed by atoms with Gasteiger partial charge < -0.3 is 14.2 Å². The van der Waals surface area contributed by atoms with E-state index in [9.17, 15) is 14.4 Å². The first-order valence-corrected chi connectivity index (χ1v) is 32.0. The van der Waals surface area contributed by atoms with E-state index in [0.717, 1.165) is 77.0 Å². The fourth-order valence-electron chi connectivity index (χ4n) is 9.53. The lowest BCUT2D eigenvalue weighted by Gasteiger charge is -2.18. The van der Waals surface area contributed by atoms with Crippen LogP contribution in [0, 0.1) is 0 Å².